The molecule has 0 saturated carbocycles. The van der Waals surface area contributed by atoms with Gasteiger partial charge in [-0.2, -0.15) is 0 Å². The second kappa shape index (κ2) is 8.80. The molecule has 17 heavy (non-hydrogen) atoms. The summed E-state index contributed by atoms with van der Waals surface area (Å²) in [5, 5.41) is 0. The van der Waals surface area contributed by atoms with Crippen LogP contribution in [0.15, 0.2) is 24.3 Å². The van der Waals surface area contributed by atoms with Crippen LogP contribution < -0.4 is 4.74 Å². The van der Waals surface area contributed by atoms with Gasteiger partial charge in [-0.3, -0.25) is 4.79 Å². The molecular formula is C15H21O2. The lowest BCUT2D eigenvalue weighted by molar-refractivity contribution is 0.305. The van der Waals surface area contributed by atoms with Crippen LogP contribution in [0.25, 0.3) is 0 Å². The highest BCUT2D eigenvalue weighted by Gasteiger charge is 1.96. The zero-order valence-corrected chi connectivity index (χ0v) is 10.6. The third-order valence-corrected chi connectivity index (χ3v) is 2.71. The Hall–Kier alpha value is -1.31. The molecule has 0 aliphatic heterocycles. The fraction of sp³-hybridized carbons (Fsp3) is 0.533. The molecule has 2 nitrogen and oxygen atoms in total. The lowest BCUT2D eigenvalue weighted by Gasteiger charge is -2.06. The molecular weight excluding hydrogens is 212 g/mol. The van der Waals surface area contributed by atoms with E-state index >= 15 is 0 Å². The van der Waals surface area contributed by atoms with Crippen molar-refractivity contribution in [3.8, 4) is 5.75 Å². The first-order valence-electron chi connectivity index (χ1n) is 6.43. The van der Waals surface area contributed by atoms with E-state index in [2.05, 4.69) is 6.92 Å². The molecule has 0 aromatic heterocycles. The van der Waals surface area contributed by atoms with Gasteiger partial charge in [-0.1, -0.05) is 38.3 Å². The molecule has 0 aliphatic rings. The van der Waals surface area contributed by atoms with Crippen LogP contribution >= 0.6 is 0 Å². The predicted molar refractivity (Wildman–Crippen MR) is 70.1 cm³/mol. The monoisotopic (exact) mass is 233 g/mol. The maximum absolute atomic E-state index is 10.1. The Bertz CT molecular complexity index is 303. The van der Waals surface area contributed by atoms with Gasteiger partial charge in [0.05, 0.1) is 6.61 Å². The number of benzene rings is 1. The van der Waals surface area contributed by atoms with Crippen LogP contribution in [0.4, 0.5) is 0 Å². The molecule has 0 N–H and O–H groups in total. The third-order valence-electron chi connectivity index (χ3n) is 2.71. The highest BCUT2D eigenvalue weighted by atomic mass is 16.5. The van der Waals surface area contributed by atoms with Gasteiger partial charge in [0.15, 0.2) is 6.29 Å². The number of hydrogen-bond donors (Lipinski definition) is 0. The van der Waals surface area contributed by atoms with E-state index < -0.39 is 0 Å². The lowest BCUT2D eigenvalue weighted by atomic mass is 10.1. The van der Waals surface area contributed by atoms with Crippen LogP contribution in [-0.4, -0.2) is 12.9 Å². The standard InChI is InChI=1S/C15H21O2/c1-2-3-4-5-13-17-15-10-8-14(9-11-15)7-6-12-16/h8-11H,2-7,13H2,1H3. The minimum atomic E-state index is 0.469. The van der Waals surface area contributed by atoms with Gasteiger partial charge in [0.1, 0.15) is 5.75 Å². The topological polar surface area (TPSA) is 26.3 Å². The highest BCUT2D eigenvalue weighted by Crippen LogP contribution is 2.13. The normalized spacial score (nSPS) is 10.2. The van der Waals surface area contributed by atoms with Crippen molar-refractivity contribution >= 4 is 6.29 Å². The molecule has 0 amide bonds. The van der Waals surface area contributed by atoms with Crippen molar-refractivity contribution in [3.05, 3.63) is 29.8 Å². The minimum Gasteiger partial charge on any atom is -0.494 e. The molecule has 1 rings (SSSR count). The van der Waals surface area contributed by atoms with Gasteiger partial charge in [0.2, 0.25) is 0 Å². The number of aryl methyl sites for hydroxylation is 1. The zero-order valence-electron chi connectivity index (χ0n) is 10.6. The Morgan fingerprint density at radius 3 is 2.53 bits per heavy atom. The Balaban J connectivity index is 2.23. The van der Waals surface area contributed by atoms with Crippen LogP contribution in [0.3, 0.4) is 0 Å². The summed E-state index contributed by atoms with van der Waals surface area (Å²) in [5.74, 6) is 0.917. The third kappa shape index (κ3) is 6.10. The SMILES string of the molecule is CCCCCCOc1ccc(CC[C]=O)cc1. The van der Waals surface area contributed by atoms with Gasteiger partial charge in [-0.15, -0.1) is 0 Å². The fourth-order valence-corrected chi connectivity index (χ4v) is 1.67. The molecule has 1 radical (unpaired) electrons. The Kier molecular flexibility index (Phi) is 7.12. The lowest BCUT2D eigenvalue weighted by Crippen LogP contribution is -1.97. The maximum atomic E-state index is 10.1. The van der Waals surface area contributed by atoms with Crippen molar-refractivity contribution in [2.45, 2.75) is 45.4 Å². The largest absolute Gasteiger partial charge is 0.494 e. The first-order chi connectivity index (χ1) is 8.36. The van der Waals surface area contributed by atoms with Crippen molar-refractivity contribution in [2.75, 3.05) is 6.61 Å². The van der Waals surface area contributed by atoms with Crippen molar-refractivity contribution in [3.63, 3.8) is 0 Å². The molecule has 0 unspecified atom stereocenters. The summed E-state index contributed by atoms with van der Waals surface area (Å²) in [6, 6.07) is 7.97. The van der Waals surface area contributed by atoms with Crippen molar-refractivity contribution in [1.82, 2.24) is 0 Å². The van der Waals surface area contributed by atoms with Crippen LogP contribution in [0.5, 0.6) is 5.75 Å². The summed E-state index contributed by atoms with van der Waals surface area (Å²) in [6.07, 6.45) is 8.03. The Labute approximate surface area is 104 Å². The average molecular weight is 233 g/mol. The number of rotatable bonds is 9. The fourth-order valence-electron chi connectivity index (χ4n) is 1.67. The molecule has 1 aromatic carbocycles. The second-order valence-electron chi connectivity index (χ2n) is 4.20. The van der Waals surface area contributed by atoms with Gasteiger partial charge in [0.25, 0.3) is 0 Å². The zero-order chi connectivity index (χ0) is 12.3. The first-order valence-corrected chi connectivity index (χ1v) is 6.43. The molecule has 0 bridgehead atoms. The molecule has 0 saturated heterocycles. The van der Waals surface area contributed by atoms with Crippen LogP contribution in [0.1, 0.15) is 44.6 Å². The van der Waals surface area contributed by atoms with Crippen molar-refractivity contribution in [2.24, 2.45) is 0 Å². The van der Waals surface area contributed by atoms with Gasteiger partial charge < -0.3 is 4.74 Å². The summed E-state index contributed by atoms with van der Waals surface area (Å²) in [6.45, 7) is 3.00. The number of hydrogen-bond acceptors (Lipinski definition) is 2. The molecule has 0 atom stereocenters. The van der Waals surface area contributed by atoms with Gasteiger partial charge in [-0.25, -0.2) is 0 Å². The van der Waals surface area contributed by atoms with E-state index in [9.17, 15) is 4.79 Å². The molecule has 0 fully saturated rings. The van der Waals surface area contributed by atoms with Gasteiger partial charge in [-0.05, 0) is 30.5 Å². The molecule has 2 heteroatoms. The highest BCUT2D eigenvalue weighted by molar-refractivity contribution is 5.51. The van der Waals surface area contributed by atoms with E-state index in [-0.39, 0.29) is 0 Å². The smallest absolute Gasteiger partial charge is 0.198 e. The number of carbonyl (C=O) groups excluding carboxylic acids is 1. The van der Waals surface area contributed by atoms with E-state index in [0.717, 1.165) is 30.8 Å². The average Bonchev–Trinajstić information content (AvgIpc) is 2.37. The number of unbranched alkanes of at least 4 members (excludes halogenated alkanes) is 3. The predicted octanol–water partition coefficient (Wildman–Crippen LogP) is 3.69. The van der Waals surface area contributed by atoms with E-state index in [4.69, 9.17) is 4.74 Å². The van der Waals surface area contributed by atoms with E-state index in [1.165, 1.54) is 19.3 Å². The second-order valence-corrected chi connectivity index (χ2v) is 4.20. The van der Waals surface area contributed by atoms with Crippen molar-refractivity contribution in [1.29, 1.82) is 0 Å². The Morgan fingerprint density at radius 1 is 1.12 bits per heavy atom. The van der Waals surface area contributed by atoms with Crippen molar-refractivity contribution < 1.29 is 9.53 Å². The summed E-state index contributed by atoms with van der Waals surface area (Å²) < 4.78 is 5.63. The van der Waals surface area contributed by atoms with Gasteiger partial charge in [0, 0.05) is 6.42 Å². The molecule has 0 spiro atoms. The van der Waals surface area contributed by atoms with Gasteiger partial charge >= 0.3 is 0 Å². The summed E-state index contributed by atoms with van der Waals surface area (Å²) in [7, 11) is 0. The summed E-state index contributed by atoms with van der Waals surface area (Å²) >= 11 is 0. The molecule has 0 heterocycles. The Morgan fingerprint density at radius 2 is 1.88 bits per heavy atom. The van der Waals surface area contributed by atoms with E-state index in [1.54, 1.807) is 0 Å². The summed E-state index contributed by atoms with van der Waals surface area (Å²) in [5.41, 5.74) is 1.16. The quantitative estimate of drug-likeness (QED) is 0.608. The van der Waals surface area contributed by atoms with Crippen LogP contribution in [0, 0.1) is 0 Å². The number of ether oxygens (including phenoxy) is 1. The molecule has 0 aliphatic carbocycles. The van der Waals surface area contributed by atoms with Crippen LogP contribution in [-0.2, 0) is 11.2 Å². The maximum Gasteiger partial charge on any atom is 0.198 e. The minimum absolute atomic E-state index is 0.469. The first kappa shape index (κ1) is 13.8. The molecule has 1 aromatic rings. The molecule has 93 valence electrons. The van der Waals surface area contributed by atoms with E-state index in [0.29, 0.717) is 6.42 Å². The van der Waals surface area contributed by atoms with E-state index in [1.807, 2.05) is 30.6 Å². The van der Waals surface area contributed by atoms with Crippen LogP contribution in [0.2, 0.25) is 0 Å². The summed E-state index contributed by atoms with van der Waals surface area (Å²) in [4.78, 5) is 10.1.